The van der Waals surface area contributed by atoms with Crippen LogP contribution in [0.3, 0.4) is 0 Å². The Morgan fingerprint density at radius 1 is 1.00 bits per heavy atom. The van der Waals surface area contributed by atoms with E-state index < -0.39 is 11.6 Å². The van der Waals surface area contributed by atoms with Gasteiger partial charge in [-0.05, 0) is 48.9 Å². The van der Waals surface area contributed by atoms with Crippen LogP contribution in [0.2, 0.25) is 0 Å². The predicted molar refractivity (Wildman–Crippen MR) is 103 cm³/mol. The number of esters is 1. The van der Waals surface area contributed by atoms with E-state index in [1.165, 1.54) is 6.07 Å². The van der Waals surface area contributed by atoms with Gasteiger partial charge in [-0.3, -0.25) is 0 Å². The highest BCUT2D eigenvalue weighted by Gasteiger charge is 2.07. The Morgan fingerprint density at radius 2 is 1.74 bits per heavy atom. The number of carbonyl (C=O) groups excluding carboxylic acids is 1. The molecule has 0 unspecified atom stereocenters. The van der Waals surface area contributed by atoms with Crippen molar-refractivity contribution in [3.8, 4) is 11.5 Å². The number of benzene rings is 2. The van der Waals surface area contributed by atoms with Gasteiger partial charge in [0.1, 0.15) is 30.3 Å². The van der Waals surface area contributed by atoms with Gasteiger partial charge < -0.3 is 18.6 Å². The fourth-order valence-electron chi connectivity index (χ4n) is 2.42. The Labute approximate surface area is 163 Å². The predicted octanol–water partition coefficient (Wildman–Crippen LogP) is 3.86. The van der Waals surface area contributed by atoms with E-state index in [9.17, 15) is 9.59 Å². The van der Waals surface area contributed by atoms with E-state index in [1.807, 2.05) is 31.2 Å². The second-order valence-corrected chi connectivity index (χ2v) is 6.63. The fourth-order valence-corrected chi connectivity index (χ4v) is 2.69. The van der Waals surface area contributed by atoms with Crippen LogP contribution in [0, 0.1) is 6.92 Å². The highest BCUT2D eigenvalue weighted by Crippen LogP contribution is 2.22. The number of hydrogen-bond donors (Lipinski definition) is 0. The number of halogens is 1. The molecule has 3 rings (SSSR count). The summed E-state index contributed by atoms with van der Waals surface area (Å²) in [6.07, 6.45) is 0. The van der Waals surface area contributed by atoms with Gasteiger partial charge in [0.05, 0.1) is 0 Å². The second kappa shape index (κ2) is 8.73. The van der Waals surface area contributed by atoms with Gasteiger partial charge in [0.15, 0.2) is 6.61 Å². The Bertz CT molecular complexity index is 994. The molecule has 1 aromatic heterocycles. The fraction of sp³-hybridized carbons (Fsp3) is 0.200. The first-order chi connectivity index (χ1) is 13.0. The van der Waals surface area contributed by atoms with Crippen LogP contribution in [0.4, 0.5) is 0 Å². The van der Waals surface area contributed by atoms with E-state index in [-0.39, 0.29) is 19.8 Å². The summed E-state index contributed by atoms with van der Waals surface area (Å²) in [5.41, 5.74) is 0.800. The summed E-state index contributed by atoms with van der Waals surface area (Å²) >= 11 is 3.34. The van der Waals surface area contributed by atoms with Crippen molar-refractivity contribution in [3.05, 3.63) is 69.0 Å². The number of ether oxygens (including phenoxy) is 3. The first-order valence-electron chi connectivity index (χ1n) is 8.22. The molecule has 0 aliphatic carbocycles. The van der Waals surface area contributed by atoms with Crippen molar-refractivity contribution < 1.29 is 23.4 Å². The molecule has 1 heterocycles. The number of aryl methyl sites for hydroxylation is 1. The van der Waals surface area contributed by atoms with Crippen LogP contribution in [0.1, 0.15) is 5.56 Å². The van der Waals surface area contributed by atoms with E-state index in [2.05, 4.69) is 15.9 Å². The molecule has 140 valence electrons. The van der Waals surface area contributed by atoms with Crippen molar-refractivity contribution >= 4 is 32.9 Å². The van der Waals surface area contributed by atoms with E-state index in [1.54, 1.807) is 18.2 Å². The molecule has 0 bridgehead atoms. The normalized spacial score (nSPS) is 10.6. The lowest BCUT2D eigenvalue weighted by atomic mass is 10.1. The van der Waals surface area contributed by atoms with Gasteiger partial charge in [-0.25, -0.2) is 9.59 Å². The minimum Gasteiger partial charge on any atom is -0.490 e. The zero-order valence-corrected chi connectivity index (χ0v) is 16.2. The molecule has 3 aromatic rings. The summed E-state index contributed by atoms with van der Waals surface area (Å²) in [6.45, 7) is 1.94. The van der Waals surface area contributed by atoms with Crippen LogP contribution in [0.25, 0.3) is 11.0 Å². The molecule has 7 heteroatoms. The molecule has 0 radical (unpaired) electrons. The Morgan fingerprint density at radius 3 is 2.52 bits per heavy atom. The Balaban J connectivity index is 1.45. The molecule has 0 N–H and O–H groups in total. The highest BCUT2D eigenvalue weighted by molar-refractivity contribution is 9.10. The molecule has 0 fully saturated rings. The lowest BCUT2D eigenvalue weighted by Gasteiger charge is -2.09. The third-order valence-electron chi connectivity index (χ3n) is 3.71. The maximum atomic E-state index is 11.8. The largest absolute Gasteiger partial charge is 0.490 e. The molecule has 27 heavy (non-hydrogen) atoms. The highest BCUT2D eigenvalue weighted by atomic mass is 79.9. The minimum atomic E-state index is -0.514. The van der Waals surface area contributed by atoms with E-state index in [0.717, 1.165) is 15.4 Å². The quantitative estimate of drug-likeness (QED) is 0.320. The molecule has 0 saturated carbocycles. The zero-order valence-electron chi connectivity index (χ0n) is 14.6. The van der Waals surface area contributed by atoms with Gasteiger partial charge in [-0.1, -0.05) is 15.9 Å². The standard InChI is InChI=1S/C20H17BrO6/c1-13-10-19(22)27-18-11-16(6-7-17(13)18)26-12-20(23)25-9-8-24-15-4-2-14(21)3-5-15/h2-7,10-11H,8-9,12H2,1H3. The number of rotatable bonds is 7. The molecule has 0 aliphatic rings. The zero-order chi connectivity index (χ0) is 19.2. The third kappa shape index (κ3) is 5.34. The molecule has 0 amide bonds. The monoisotopic (exact) mass is 432 g/mol. The maximum absolute atomic E-state index is 11.8. The van der Waals surface area contributed by atoms with Crippen molar-refractivity contribution in [3.63, 3.8) is 0 Å². The van der Waals surface area contributed by atoms with Crippen LogP contribution in [-0.2, 0) is 9.53 Å². The van der Waals surface area contributed by atoms with Crippen LogP contribution in [-0.4, -0.2) is 25.8 Å². The lowest BCUT2D eigenvalue weighted by molar-refractivity contribution is -0.146. The van der Waals surface area contributed by atoms with Crippen LogP contribution in [0.5, 0.6) is 11.5 Å². The van der Waals surface area contributed by atoms with Gasteiger partial charge in [0, 0.05) is 22.0 Å². The van der Waals surface area contributed by atoms with Gasteiger partial charge in [0.25, 0.3) is 0 Å². The summed E-state index contributed by atoms with van der Waals surface area (Å²) in [7, 11) is 0. The summed E-state index contributed by atoms with van der Waals surface area (Å²) in [4.78, 5) is 23.2. The van der Waals surface area contributed by atoms with Gasteiger partial charge in [0.2, 0.25) is 0 Å². The molecule has 0 aliphatic heterocycles. The molecule has 0 spiro atoms. The first kappa shape index (κ1) is 19.0. The third-order valence-corrected chi connectivity index (χ3v) is 4.24. The van der Waals surface area contributed by atoms with Crippen molar-refractivity contribution in [1.82, 2.24) is 0 Å². The second-order valence-electron chi connectivity index (χ2n) is 5.72. The van der Waals surface area contributed by atoms with Crippen LogP contribution in [0.15, 0.2) is 62.2 Å². The smallest absolute Gasteiger partial charge is 0.344 e. The van der Waals surface area contributed by atoms with Crippen LogP contribution >= 0.6 is 15.9 Å². The summed E-state index contributed by atoms with van der Waals surface area (Å²) in [5, 5.41) is 0.814. The molecule has 0 atom stereocenters. The SMILES string of the molecule is Cc1cc(=O)oc2cc(OCC(=O)OCCOc3ccc(Br)cc3)ccc12. The van der Waals surface area contributed by atoms with Gasteiger partial charge >= 0.3 is 11.6 Å². The van der Waals surface area contributed by atoms with E-state index in [4.69, 9.17) is 18.6 Å². The number of carbonyl (C=O) groups is 1. The minimum absolute atomic E-state index is 0.115. The molecular weight excluding hydrogens is 416 g/mol. The molecule has 0 saturated heterocycles. The van der Waals surface area contributed by atoms with E-state index in [0.29, 0.717) is 17.1 Å². The number of hydrogen-bond acceptors (Lipinski definition) is 6. The first-order valence-corrected chi connectivity index (χ1v) is 9.02. The topological polar surface area (TPSA) is 75.0 Å². The van der Waals surface area contributed by atoms with Gasteiger partial charge in [-0.2, -0.15) is 0 Å². The summed E-state index contributed by atoms with van der Waals surface area (Å²) < 4.78 is 22.0. The van der Waals surface area contributed by atoms with E-state index >= 15 is 0 Å². The molecular formula is C20H17BrO6. The maximum Gasteiger partial charge on any atom is 0.344 e. The average molecular weight is 433 g/mol. The number of fused-ring (bicyclic) bond motifs is 1. The molecule has 6 nitrogen and oxygen atoms in total. The van der Waals surface area contributed by atoms with Crippen LogP contribution < -0.4 is 15.1 Å². The van der Waals surface area contributed by atoms with Crippen molar-refractivity contribution in [2.75, 3.05) is 19.8 Å². The Hall–Kier alpha value is -2.80. The van der Waals surface area contributed by atoms with Crippen molar-refractivity contribution in [2.24, 2.45) is 0 Å². The lowest BCUT2D eigenvalue weighted by Crippen LogP contribution is -2.18. The summed E-state index contributed by atoms with van der Waals surface area (Å²) in [5.74, 6) is 0.595. The average Bonchev–Trinajstić information content (AvgIpc) is 2.64. The summed E-state index contributed by atoms with van der Waals surface area (Å²) in [6, 6.07) is 13.8. The van der Waals surface area contributed by atoms with Crippen molar-refractivity contribution in [2.45, 2.75) is 6.92 Å². The Kier molecular flexibility index (Phi) is 6.13. The molecule has 2 aromatic carbocycles. The van der Waals surface area contributed by atoms with Crippen molar-refractivity contribution in [1.29, 1.82) is 0 Å². The van der Waals surface area contributed by atoms with Gasteiger partial charge in [-0.15, -0.1) is 0 Å².